The third-order valence-corrected chi connectivity index (χ3v) is 2.63. The Morgan fingerprint density at radius 2 is 2.27 bits per heavy atom. The molecule has 3 nitrogen and oxygen atoms in total. The van der Waals surface area contributed by atoms with Crippen molar-refractivity contribution in [2.45, 2.75) is 6.42 Å². The summed E-state index contributed by atoms with van der Waals surface area (Å²) in [6.45, 7) is 0.498. The number of nitrogens with zero attached hydrogens (tertiary/aromatic N) is 2. The molecule has 4 heteroatoms. The van der Waals surface area contributed by atoms with Gasteiger partial charge in [0.05, 0.1) is 17.2 Å². The molecule has 1 aliphatic heterocycles. The number of hydrogen-bond acceptors (Lipinski definition) is 2. The fourth-order valence-corrected chi connectivity index (χ4v) is 1.78. The topological polar surface area (TPSA) is 44.1 Å². The summed E-state index contributed by atoms with van der Waals surface area (Å²) >= 11 is 0. The number of benzene rings is 1. The third-order valence-electron chi connectivity index (χ3n) is 2.63. The summed E-state index contributed by atoms with van der Waals surface area (Å²) in [5.74, 6) is -0.669. The Morgan fingerprint density at radius 3 is 2.93 bits per heavy atom. The number of halogens is 1. The molecule has 0 spiro atoms. The maximum Gasteiger partial charge on any atom is 0.255 e. The van der Waals surface area contributed by atoms with Gasteiger partial charge in [0.1, 0.15) is 5.82 Å². The van der Waals surface area contributed by atoms with Gasteiger partial charge in [0.15, 0.2) is 0 Å². The lowest BCUT2D eigenvalue weighted by Gasteiger charge is -2.25. The van der Waals surface area contributed by atoms with Gasteiger partial charge >= 0.3 is 0 Å². The van der Waals surface area contributed by atoms with E-state index in [1.165, 1.54) is 17.0 Å². The zero-order valence-corrected chi connectivity index (χ0v) is 8.25. The van der Waals surface area contributed by atoms with Gasteiger partial charge < -0.3 is 4.90 Å². The van der Waals surface area contributed by atoms with Crippen LogP contribution < -0.4 is 0 Å². The first-order chi connectivity index (χ1) is 7.15. The minimum absolute atomic E-state index is 0.228. The molecule has 1 aromatic carbocycles. The summed E-state index contributed by atoms with van der Waals surface area (Å²) in [6, 6.07) is 4.52. The standard InChI is InChI=1S/C11H9FN2O/c1-14-5-4-8-9(12)3-2-7(6-13)10(8)11(14)15/h2-3H,4-5H2,1H3. The Kier molecular flexibility index (Phi) is 2.16. The van der Waals surface area contributed by atoms with Crippen LogP contribution in [0.3, 0.4) is 0 Å². The van der Waals surface area contributed by atoms with Crippen molar-refractivity contribution < 1.29 is 9.18 Å². The largest absolute Gasteiger partial charge is 0.341 e. The zero-order chi connectivity index (χ0) is 11.0. The predicted octanol–water partition coefficient (Wildman–Crippen LogP) is 1.33. The second-order valence-electron chi connectivity index (χ2n) is 3.54. The van der Waals surface area contributed by atoms with E-state index in [0.717, 1.165) is 0 Å². The Hall–Kier alpha value is -1.89. The molecule has 0 saturated carbocycles. The molecule has 15 heavy (non-hydrogen) atoms. The van der Waals surface area contributed by atoms with E-state index < -0.39 is 5.82 Å². The van der Waals surface area contributed by atoms with Gasteiger partial charge in [-0.3, -0.25) is 4.79 Å². The maximum absolute atomic E-state index is 13.4. The number of amides is 1. The van der Waals surface area contributed by atoms with Crippen LogP contribution in [0.15, 0.2) is 12.1 Å². The van der Waals surface area contributed by atoms with E-state index in [0.29, 0.717) is 18.5 Å². The highest BCUT2D eigenvalue weighted by Gasteiger charge is 2.26. The second-order valence-corrected chi connectivity index (χ2v) is 3.54. The molecule has 1 amide bonds. The Morgan fingerprint density at radius 1 is 1.53 bits per heavy atom. The Balaban J connectivity index is 2.70. The summed E-state index contributed by atoms with van der Waals surface area (Å²) < 4.78 is 13.4. The van der Waals surface area contributed by atoms with Crippen molar-refractivity contribution in [1.29, 1.82) is 5.26 Å². The van der Waals surface area contributed by atoms with Crippen molar-refractivity contribution in [3.8, 4) is 6.07 Å². The van der Waals surface area contributed by atoms with E-state index >= 15 is 0 Å². The summed E-state index contributed by atoms with van der Waals surface area (Å²) in [7, 11) is 1.65. The summed E-state index contributed by atoms with van der Waals surface area (Å²) in [6.07, 6.45) is 0.471. The molecule has 0 saturated heterocycles. The van der Waals surface area contributed by atoms with Gasteiger partial charge in [0.25, 0.3) is 5.91 Å². The summed E-state index contributed by atoms with van der Waals surface area (Å²) in [5.41, 5.74) is 0.853. The van der Waals surface area contributed by atoms with Crippen LogP contribution in [0.5, 0.6) is 0 Å². The lowest BCUT2D eigenvalue weighted by Crippen LogP contribution is -2.35. The van der Waals surface area contributed by atoms with E-state index in [1.807, 2.05) is 6.07 Å². The smallest absolute Gasteiger partial charge is 0.255 e. The molecule has 0 aliphatic carbocycles. The van der Waals surface area contributed by atoms with Gasteiger partial charge in [-0.2, -0.15) is 5.26 Å². The van der Waals surface area contributed by atoms with Crippen LogP contribution in [-0.4, -0.2) is 24.4 Å². The number of nitriles is 1. The van der Waals surface area contributed by atoms with Gasteiger partial charge in [-0.15, -0.1) is 0 Å². The van der Waals surface area contributed by atoms with E-state index in [1.54, 1.807) is 7.05 Å². The second kappa shape index (κ2) is 3.35. The minimum Gasteiger partial charge on any atom is -0.341 e. The van der Waals surface area contributed by atoms with Gasteiger partial charge in [-0.25, -0.2) is 4.39 Å². The van der Waals surface area contributed by atoms with E-state index in [9.17, 15) is 9.18 Å². The monoisotopic (exact) mass is 204 g/mol. The number of carbonyl (C=O) groups excluding carboxylic acids is 1. The summed E-state index contributed by atoms with van der Waals surface area (Å²) in [4.78, 5) is 13.3. The van der Waals surface area contributed by atoms with Crippen LogP contribution in [0, 0.1) is 17.1 Å². The first-order valence-electron chi connectivity index (χ1n) is 4.62. The van der Waals surface area contributed by atoms with E-state index in [4.69, 9.17) is 5.26 Å². The zero-order valence-electron chi connectivity index (χ0n) is 8.25. The molecule has 76 valence electrons. The number of likely N-dealkylation sites (N-methyl/N-ethyl adjacent to an activating group) is 1. The molecule has 0 aromatic heterocycles. The molecule has 2 rings (SSSR count). The van der Waals surface area contributed by atoms with Gasteiger partial charge in [0, 0.05) is 19.2 Å². The quantitative estimate of drug-likeness (QED) is 0.639. The fraction of sp³-hybridized carbons (Fsp3) is 0.273. The number of rotatable bonds is 0. The van der Waals surface area contributed by atoms with Gasteiger partial charge in [-0.1, -0.05) is 0 Å². The van der Waals surface area contributed by atoms with E-state index in [-0.39, 0.29) is 17.0 Å². The van der Waals surface area contributed by atoms with Crippen molar-refractivity contribution in [1.82, 2.24) is 4.90 Å². The lowest BCUT2D eigenvalue weighted by atomic mass is 9.94. The maximum atomic E-state index is 13.4. The number of hydrogen-bond donors (Lipinski definition) is 0. The molecule has 0 N–H and O–H groups in total. The Bertz CT molecular complexity index is 476. The molecule has 0 bridgehead atoms. The van der Waals surface area contributed by atoms with Crippen molar-refractivity contribution in [2.75, 3.05) is 13.6 Å². The molecule has 0 radical (unpaired) electrons. The van der Waals surface area contributed by atoms with Crippen molar-refractivity contribution in [2.24, 2.45) is 0 Å². The molecule has 1 heterocycles. The number of fused-ring (bicyclic) bond motifs is 1. The molecule has 0 fully saturated rings. The molecule has 1 aliphatic rings. The molecule has 0 atom stereocenters. The molecular weight excluding hydrogens is 195 g/mol. The number of carbonyl (C=O) groups is 1. The van der Waals surface area contributed by atoms with E-state index in [2.05, 4.69) is 0 Å². The lowest BCUT2D eigenvalue weighted by molar-refractivity contribution is 0.0779. The normalized spacial score (nSPS) is 14.7. The summed E-state index contributed by atoms with van der Waals surface area (Å²) in [5, 5.41) is 8.85. The highest BCUT2D eigenvalue weighted by molar-refractivity contribution is 5.99. The van der Waals surface area contributed by atoms with Crippen LogP contribution in [0.1, 0.15) is 21.5 Å². The van der Waals surface area contributed by atoms with Crippen molar-refractivity contribution in [3.63, 3.8) is 0 Å². The highest BCUT2D eigenvalue weighted by Crippen LogP contribution is 2.24. The average molecular weight is 204 g/mol. The average Bonchev–Trinajstić information content (AvgIpc) is 2.24. The SMILES string of the molecule is CN1CCc2c(F)ccc(C#N)c2C1=O. The first kappa shape index (κ1) is 9.66. The molecule has 0 unspecified atom stereocenters. The third kappa shape index (κ3) is 1.37. The fourth-order valence-electron chi connectivity index (χ4n) is 1.78. The van der Waals surface area contributed by atoms with Crippen LogP contribution in [0.2, 0.25) is 0 Å². The Labute approximate surface area is 86.7 Å². The minimum atomic E-state index is -0.398. The van der Waals surface area contributed by atoms with Crippen LogP contribution >= 0.6 is 0 Å². The highest BCUT2D eigenvalue weighted by atomic mass is 19.1. The molecule has 1 aromatic rings. The predicted molar refractivity (Wildman–Crippen MR) is 51.8 cm³/mol. The van der Waals surface area contributed by atoms with Crippen molar-refractivity contribution in [3.05, 3.63) is 34.6 Å². The molecular formula is C11H9FN2O. The first-order valence-corrected chi connectivity index (χ1v) is 4.62. The van der Waals surface area contributed by atoms with Crippen LogP contribution in [0.4, 0.5) is 4.39 Å². The van der Waals surface area contributed by atoms with Gasteiger partial charge in [0.2, 0.25) is 0 Å². The van der Waals surface area contributed by atoms with Gasteiger partial charge in [-0.05, 0) is 18.6 Å². The van der Waals surface area contributed by atoms with Crippen molar-refractivity contribution >= 4 is 5.91 Å². The van der Waals surface area contributed by atoms with Crippen LogP contribution in [0.25, 0.3) is 0 Å². The van der Waals surface area contributed by atoms with Crippen LogP contribution in [-0.2, 0) is 6.42 Å².